The van der Waals surface area contributed by atoms with E-state index in [1.807, 2.05) is 20.8 Å². The average molecular weight is 358 g/mol. The van der Waals surface area contributed by atoms with Crippen molar-refractivity contribution in [3.05, 3.63) is 0 Å². The lowest BCUT2D eigenvalue weighted by Gasteiger charge is -2.43. The molecule has 3 unspecified atom stereocenters. The molecule has 0 N–H and O–H groups in total. The molecule has 1 heterocycles. The summed E-state index contributed by atoms with van der Waals surface area (Å²) in [5.74, 6) is -0.604. The second-order valence-electron chi connectivity index (χ2n) is 7.85. The highest BCUT2D eigenvalue weighted by molar-refractivity contribution is 5.72. The van der Waals surface area contributed by atoms with E-state index >= 15 is 0 Å². The summed E-state index contributed by atoms with van der Waals surface area (Å²) in [7, 11) is 0. The molecule has 1 aliphatic heterocycles. The van der Waals surface area contributed by atoms with E-state index in [2.05, 4.69) is 4.90 Å². The Hall–Kier alpha value is -1.37. The molecule has 7 heteroatoms. The van der Waals surface area contributed by atoms with E-state index < -0.39 is 11.8 Å². The minimum absolute atomic E-state index is 0.175. The number of hydrogen-bond donors (Lipinski definition) is 0. The van der Waals surface area contributed by atoms with Gasteiger partial charge in [-0.3, -0.25) is 9.69 Å². The Bertz CT molecular complexity index is 472. The molecule has 2 rings (SSSR count). The number of esters is 1. The number of halogens is 1. The van der Waals surface area contributed by atoms with Gasteiger partial charge in [0.15, 0.2) is 0 Å². The van der Waals surface area contributed by atoms with E-state index in [-0.39, 0.29) is 30.4 Å². The Balaban J connectivity index is 1.81. The molecule has 2 fully saturated rings. The Morgan fingerprint density at radius 3 is 2.28 bits per heavy atom. The van der Waals surface area contributed by atoms with Gasteiger partial charge in [-0.15, -0.1) is 0 Å². The second-order valence-corrected chi connectivity index (χ2v) is 7.85. The monoisotopic (exact) mass is 358 g/mol. The molecule has 0 bridgehead atoms. The first kappa shape index (κ1) is 19.9. The fraction of sp³-hybridized carbons (Fsp3) is 0.889. The lowest BCUT2D eigenvalue weighted by atomic mass is 9.83. The summed E-state index contributed by atoms with van der Waals surface area (Å²) >= 11 is 0. The Labute approximate surface area is 149 Å². The van der Waals surface area contributed by atoms with Crippen LogP contribution in [0.2, 0.25) is 0 Å². The van der Waals surface area contributed by atoms with Crippen LogP contribution < -0.4 is 0 Å². The first-order valence-electron chi connectivity index (χ1n) is 9.24. The predicted octanol–water partition coefficient (Wildman–Crippen LogP) is 2.61. The molecular formula is C18H31FN2O4. The molecule has 0 spiro atoms. The van der Waals surface area contributed by atoms with Crippen LogP contribution in [0, 0.1) is 5.92 Å². The molecular weight excluding hydrogens is 327 g/mol. The van der Waals surface area contributed by atoms with Crippen LogP contribution in [0.1, 0.15) is 47.0 Å². The van der Waals surface area contributed by atoms with E-state index in [0.717, 1.165) is 0 Å². The van der Waals surface area contributed by atoms with Crippen molar-refractivity contribution in [2.75, 3.05) is 32.8 Å². The summed E-state index contributed by atoms with van der Waals surface area (Å²) in [5.41, 5.74) is -0.510. The van der Waals surface area contributed by atoms with Crippen LogP contribution in [0.15, 0.2) is 0 Å². The lowest BCUT2D eigenvalue weighted by molar-refractivity contribution is -0.150. The van der Waals surface area contributed by atoms with Crippen LogP contribution in [0.3, 0.4) is 0 Å². The average Bonchev–Trinajstić information content (AvgIpc) is 2.53. The Morgan fingerprint density at radius 1 is 1.12 bits per heavy atom. The molecule has 25 heavy (non-hydrogen) atoms. The van der Waals surface area contributed by atoms with Gasteiger partial charge >= 0.3 is 12.1 Å². The maximum Gasteiger partial charge on any atom is 0.410 e. The van der Waals surface area contributed by atoms with Crippen LogP contribution in [0.5, 0.6) is 0 Å². The van der Waals surface area contributed by atoms with Gasteiger partial charge < -0.3 is 14.4 Å². The van der Waals surface area contributed by atoms with Gasteiger partial charge in [-0.2, -0.15) is 0 Å². The van der Waals surface area contributed by atoms with Gasteiger partial charge in [-0.05, 0) is 47.0 Å². The summed E-state index contributed by atoms with van der Waals surface area (Å²) in [6.07, 6.45) is 0.203. The number of carbonyl (C=O) groups is 2. The quantitative estimate of drug-likeness (QED) is 0.726. The predicted molar refractivity (Wildman–Crippen MR) is 92.0 cm³/mol. The van der Waals surface area contributed by atoms with E-state index in [9.17, 15) is 14.0 Å². The third-order valence-corrected chi connectivity index (χ3v) is 4.79. The smallest absolute Gasteiger partial charge is 0.410 e. The molecule has 3 atom stereocenters. The Morgan fingerprint density at radius 2 is 1.76 bits per heavy atom. The van der Waals surface area contributed by atoms with Crippen molar-refractivity contribution in [1.29, 1.82) is 0 Å². The van der Waals surface area contributed by atoms with Crippen LogP contribution in [-0.2, 0) is 14.3 Å². The lowest BCUT2D eigenvalue weighted by Crippen LogP contribution is -2.56. The van der Waals surface area contributed by atoms with Crippen molar-refractivity contribution in [1.82, 2.24) is 9.80 Å². The normalized spacial score (nSPS) is 28.5. The molecule has 1 amide bonds. The highest BCUT2D eigenvalue weighted by atomic mass is 19.1. The third kappa shape index (κ3) is 5.56. The van der Waals surface area contributed by atoms with Crippen LogP contribution >= 0.6 is 0 Å². The van der Waals surface area contributed by atoms with Crippen molar-refractivity contribution < 1.29 is 23.5 Å². The third-order valence-electron chi connectivity index (χ3n) is 4.79. The number of rotatable bonds is 3. The van der Waals surface area contributed by atoms with Crippen molar-refractivity contribution in [2.45, 2.75) is 64.8 Å². The second kappa shape index (κ2) is 8.34. The van der Waals surface area contributed by atoms with Crippen LogP contribution in [-0.4, -0.2) is 72.5 Å². The zero-order chi connectivity index (χ0) is 18.6. The maximum atomic E-state index is 14.6. The van der Waals surface area contributed by atoms with Gasteiger partial charge in [0.25, 0.3) is 0 Å². The van der Waals surface area contributed by atoms with Crippen molar-refractivity contribution in [3.63, 3.8) is 0 Å². The molecule has 2 aliphatic rings. The first-order chi connectivity index (χ1) is 11.7. The summed E-state index contributed by atoms with van der Waals surface area (Å²) in [6, 6.07) is -0.175. The number of nitrogens with zero attached hydrogens (tertiary/aromatic N) is 2. The number of piperazine rings is 1. The van der Waals surface area contributed by atoms with Crippen LogP contribution in [0.4, 0.5) is 9.18 Å². The van der Waals surface area contributed by atoms with Crippen molar-refractivity contribution in [2.24, 2.45) is 5.92 Å². The fourth-order valence-corrected chi connectivity index (χ4v) is 3.55. The maximum absolute atomic E-state index is 14.6. The van der Waals surface area contributed by atoms with E-state index in [4.69, 9.17) is 9.47 Å². The largest absolute Gasteiger partial charge is 0.466 e. The zero-order valence-corrected chi connectivity index (χ0v) is 15.8. The van der Waals surface area contributed by atoms with E-state index in [1.54, 1.807) is 11.8 Å². The van der Waals surface area contributed by atoms with Gasteiger partial charge in [-0.25, -0.2) is 9.18 Å². The summed E-state index contributed by atoms with van der Waals surface area (Å²) < 4.78 is 25.0. The number of amides is 1. The zero-order valence-electron chi connectivity index (χ0n) is 15.8. The Kier molecular flexibility index (Phi) is 6.65. The summed E-state index contributed by atoms with van der Waals surface area (Å²) in [4.78, 5) is 27.7. The standard InChI is InChI=1S/C18H31FN2O4/c1-5-24-16(22)13-6-7-15(14(19)12-13)20-8-10-21(11-9-20)17(23)25-18(2,3)4/h13-15H,5-12H2,1-4H3. The fourth-order valence-electron chi connectivity index (χ4n) is 3.55. The number of carbonyl (C=O) groups excluding carboxylic acids is 2. The van der Waals surface area contributed by atoms with Gasteiger partial charge in [0, 0.05) is 32.2 Å². The SMILES string of the molecule is CCOC(=O)C1CCC(N2CCN(C(=O)OC(C)(C)C)CC2)C(F)C1. The molecule has 1 saturated carbocycles. The molecule has 0 aromatic carbocycles. The van der Waals surface area contributed by atoms with Gasteiger partial charge in [0.05, 0.1) is 12.5 Å². The van der Waals surface area contributed by atoms with Crippen molar-refractivity contribution in [3.8, 4) is 0 Å². The molecule has 0 aromatic heterocycles. The molecule has 1 aliphatic carbocycles. The molecule has 144 valence electrons. The van der Waals surface area contributed by atoms with Gasteiger partial charge in [0.2, 0.25) is 0 Å². The highest BCUT2D eigenvalue weighted by Gasteiger charge is 2.39. The van der Waals surface area contributed by atoms with Gasteiger partial charge in [0.1, 0.15) is 11.8 Å². The first-order valence-corrected chi connectivity index (χ1v) is 9.24. The molecule has 6 nitrogen and oxygen atoms in total. The number of hydrogen-bond acceptors (Lipinski definition) is 5. The molecule has 1 saturated heterocycles. The van der Waals surface area contributed by atoms with Gasteiger partial charge in [-0.1, -0.05) is 0 Å². The highest BCUT2D eigenvalue weighted by Crippen LogP contribution is 2.31. The van der Waals surface area contributed by atoms with Crippen molar-refractivity contribution >= 4 is 12.1 Å². The van der Waals surface area contributed by atoms with Crippen LogP contribution in [0.25, 0.3) is 0 Å². The number of ether oxygens (including phenoxy) is 2. The number of alkyl halides is 1. The minimum Gasteiger partial charge on any atom is -0.466 e. The summed E-state index contributed by atoms with van der Waals surface area (Å²) in [6.45, 7) is 9.98. The minimum atomic E-state index is -1.03. The molecule has 0 radical (unpaired) electrons. The topological polar surface area (TPSA) is 59.1 Å². The summed E-state index contributed by atoms with van der Waals surface area (Å²) in [5, 5.41) is 0. The van der Waals surface area contributed by atoms with E-state index in [1.165, 1.54) is 0 Å². The van der Waals surface area contributed by atoms with E-state index in [0.29, 0.717) is 45.6 Å². The molecule has 0 aromatic rings.